The lowest BCUT2D eigenvalue weighted by Gasteiger charge is -2.22. The molecule has 16 heavy (non-hydrogen) atoms. The van der Waals surface area contributed by atoms with Crippen LogP contribution in [-0.2, 0) is 4.79 Å². The molecule has 2 N–H and O–H groups in total. The van der Waals surface area contributed by atoms with Crippen molar-refractivity contribution in [3.8, 4) is 0 Å². The van der Waals surface area contributed by atoms with E-state index in [2.05, 4.69) is 0 Å². The van der Waals surface area contributed by atoms with E-state index in [4.69, 9.17) is 5.11 Å². The van der Waals surface area contributed by atoms with Gasteiger partial charge in [-0.05, 0) is 31.6 Å². The summed E-state index contributed by atoms with van der Waals surface area (Å²) in [6.07, 6.45) is 6.54. The summed E-state index contributed by atoms with van der Waals surface area (Å²) in [6, 6.07) is 0. The van der Waals surface area contributed by atoms with Crippen molar-refractivity contribution < 1.29 is 15.0 Å². The minimum absolute atomic E-state index is 0.0482. The zero-order valence-corrected chi connectivity index (χ0v) is 10.1. The number of hydrogen-bond donors (Lipinski definition) is 2. The number of hydrogen-bond acceptors (Lipinski definition) is 2. The van der Waals surface area contributed by atoms with Gasteiger partial charge < -0.3 is 10.2 Å². The van der Waals surface area contributed by atoms with Crippen molar-refractivity contribution in [1.29, 1.82) is 0 Å². The highest BCUT2D eigenvalue weighted by atomic mass is 16.4. The molecule has 1 saturated carbocycles. The molecule has 0 aromatic heterocycles. The Morgan fingerprint density at radius 2 is 1.81 bits per heavy atom. The number of carboxylic acids is 1. The molecule has 0 bridgehead atoms. The molecule has 0 spiro atoms. The van der Waals surface area contributed by atoms with Crippen LogP contribution in [0.15, 0.2) is 11.6 Å². The highest BCUT2D eigenvalue weighted by molar-refractivity contribution is 5.71. The molecule has 3 nitrogen and oxygen atoms in total. The first kappa shape index (κ1) is 13.2. The van der Waals surface area contributed by atoms with Crippen molar-refractivity contribution in [3.63, 3.8) is 0 Å². The first-order chi connectivity index (χ1) is 7.52. The van der Waals surface area contributed by atoms with Gasteiger partial charge in [0.25, 0.3) is 0 Å². The van der Waals surface area contributed by atoms with Crippen LogP contribution in [0.3, 0.4) is 0 Å². The Morgan fingerprint density at radius 3 is 2.25 bits per heavy atom. The molecule has 1 aliphatic rings. The quantitative estimate of drug-likeness (QED) is 0.724. The smallest absolute Gasteiger partial charge is 0.309 e. The van der Waals surface area contributed by atoms with Gasteiger partial charge >= 0.3 is 5.97 Å². The fourth-order valence-electron chi connectivity index (χ4n) is 2.34. The first-order valence-corrected chi connectivity index (χ1v) is 6.13. The molecule has 0 heterocycles. The molecule has 0 aliphatic heterocycles. The summed E-state index contributed by atoms with van der Waals surface area (Å²) in [5, 5.41) is 19.0. The Kier molecular flexibility index (Phi) is 5.00. The molecule has 0 amide bonds. The number of aliphatic hydroxyl groups is 1. The summed E-state index contributed by atoms with van der Waals surface area (Å²) in [4.78, 5) is 11.0. The summed E-state index contributed by atoms with van der Waals surface area (Å²) >= 11 is 0. The third-order valence-electron chi connectivity index (χ3n) is 3.27. The normalized spacial score (nSPS) is 20.6. The fraction of sp³-hybridized carbons (Fsp3) is 0.769. The molecule has 1 aliphatic carbocycles. The Labute approximate surface area is 97.2 Å². The van der Waals surface area contributed by atoms with E-state index < -0.39 is 18.0 Å². The number of carbonyl (C=O) groups is 1. The topological polar surface area (TPSA) is 57.5 Å². The Balaban J connectivity index is 2.66. The summed E-state index contributed by atoms with van der Waals surface area (Å²) in [7, 11) is 0. The van der Waals surface area contributed by atoms with E-state index in [0.29, 0.717) is 0 Å². The van der Waals surface area contributed by atoms with Gasteiger partial charge in [-0.25, -0.2) is 0 Å². The van der Waals surface area contributed by atoms with E-state index in [-0.39, 0.29) is 5.92 Å². The molecule has 0 aromatic carbocycles. The van der Waals surface area contributed by atoms with E-state index in [0.717, 1.165) is 25.7 Å². The van der Waals surface area contributed by atoms with Gasteiger partial charge in [-0.15, -0.1) is 0 Å². The predicted molar refractivity (Wildman–Crippen MR) is 63.1 cm³/mol. The summed E-state index contributed by atoms with van der Waals surface area (Å²) in [5.74, 6) is -1.64. The molecule has 2 unspecified atom stereocenters. The second kappa shape index (κ2) is 6.04. The fourth-order valence-corrected chi connectivity index (χ4v) is 2.34. The van der Waals surface area contributed by atoms with Gasteiger partial charge in [-0.1, -0.05) is 31.9 Å². The molecular weight excluding hydrogens is 204 g/mol. The van der Waals surface area contributed by atoms with Crippen molar-refractivity contribution in [2.75, 3.05) is 0 Å². The molecule has 0 aromatic rings. The van der Waals surface area contributed by atoms with Crippen molar-refractivity contribution in [2.24, 2.45) is 11.8 Å². The molecular formula is C13H22O3. The SMILES string of the molecule is CC(C)C(C(=O)O)C(O)C=C1CCCCC1. The average Bonchev–Trinajstić information content (AvgIpc) is 2.17. The van der Waals surface area contributed by atoms with Crippen LogP contribution in [0.2, 0.25) is 0 Å². The lowest BCUT2D eigenvalue weighted by atomic mass is 9.86. The van der Waals surface area contributed by atoms with Crippen LogP contribution >= 0.6 is 0 Å². The van der Waals surface area contributed by atoms with Crippen molar-refractivity contribution >= 4 is 5.97 Å². The van der Waals surface area contributed by atoms with Crippen molar-refractivity contribution in [2.45, 2.75) is 52.1 Å². The van der Waals surface area contributed by atoms with E-state index in [1.807, 2.05) is 13.8 Å². The molecule has 0 radical (unpaired) electrons. The molecule has 0 saturated heterocycles. The summed E-state index contributed by atoms with van der Waals surface area (Å²) < 4.78 is 0. The van der Waals surface area contributed by atoms with E-state index in [1.165, 1.54) is 12.0 Å². The lowest BCUT2D eigenvalue weighted by Crippen LogP contribution is -2.31. The zero-order chi connectivity index (χ0) is 12.1. The molecule has 1 fully saturated rings. The third kappa shape index (κ3) is 3.63. The average molecular weight is 226 g/mol. The minimum Gasteiger partial charge on any atom is -0.481 e. The maximum atomic E-state index is 11.0. The Morgan fingerprint density at radius 1 is 1.25 bits per heavy atom. The monoisotopic (exact) mass is 226 g/mol. The Bertz CT molecular complexity index is 260. The van der Waals surface area contributed by atoms with Crippen molar-refractivity contribution in [1.82, 2.24) is 0 Å². The second-order valence-corrected chi connectivity index (χ2v) is 4.98. The van der Waals surface area contributed by atoms with Gasteiger partial charge in [0.05, 0.1) is 12.0 Å². The number of allylic oxidation sites excluding steroid dienone is 1. The maximum Gasteiger partial charge on any atom is 0.309 e. The van der Waals surface area contributed by atoms with E-state index >= 15 is 0 Å². The van der Waals surface area contributed by atoms with Gasteiger partial charge in [-0.2, -0.15) is 0 Å². The summed E-state index contributed by atoms with van der Waals surface area (Å²) in [5.41, 5.74) is 1.23. The van der Waals surface area contributed by atoms with Crippen LogP contribution in [0.1, 0.15) is 46.0 Å². The maximum absolute atomic E-state index is 11.0. The standard InChI is InChI=1S/C13H22O3/c1-9(2)12(13(15)16)11(14)8-10-6-4-3-5-7-10/h8-9,11-12,14H,3-7H2,1-2H3,(H,15,16). The number of aliphatic hydroxyl groups excluding tert-OH is 1. The van der Waals surface area contributed by atoms with Crippen LogP contribution in [-0.4, -0.2) is 22.3 Å². The number of carboxylic acid groups (broad SMARTS) is 1. The highest BCUT2D eigenvalue weighted by Gasteiger charge is 2.28. The lowest BCUT2D eigenvalue weighted by molar-refractivity contribution is -0.146. The van der Waals surface area contributed by atoms with Crippen LogP contribution in [0.4, 0.5) is 0 Å². The molecule has 92 valence electrons. The van der Waals surface area contributed by atoms with Crippen LogP contribution < -0.4 is 0 Å². The van der Waals surface area contributed by atoms with Gasteiger partial charge in [-0.3, -0.25) is 4.79 Å². The van der Waals surface area contributed by atoms with Gasteiger partial charge in [0.1, 0.15) is 0 Å². The van der Waals surface area contributed by atoms with Crippen LogP contribution in [0.5, 0.6) is 0 Å². The van der Waals surface area contributed by atoms with Crippen molar-refractivity contribution in [3.05, 3.63) is 11.6 Å². The molecule has 1 rings (SSSR count). The van der Waals surface area contributed by atoms with Crippen LogP contribution in [0, 0.1) is 11.8 Å². The summed E-state index contributed by atoms with van der Waals surface area (Å²) in [6.45, 7) is 3.67. The highest BCUT2D eigenvalue weighted by Crippen LogP contribution is 2.25. The number of aliphatic carboxylic acids is 1. The predicted octanol–water partition coefficient (Wildman–Crippen LogP) is 2.59. The number of rotatable bonds is 4. The second-order valence-electron chi connectivity index (χ2n) is 4.98. The van der Waals surface area contributed by atoms with Gasteiger partial charge in [0.2, 0.25) is 0 Å². The Hall–Kier alpha value is -0.830. The zero-order valence-electron chi connectivity index (χ0n) is 10.1. The van der Waals surface area contributed by atoms with Gasteiger partial charge in [0, 0.05) is 0 Å². The largest absolute Gasteiger partial charge is 0.481 e. The molecule has 3 heteroatoms. The van der Waals surface area contributed by atoms with Crippen LogP contribution in [0.25, 0.3) is 0 Å². The first-order valence-electron chi connectivity index (χ1n) is 6.13. The molecule has 2 atom stereocenters. The third-order valence-corrected chi connectivity index (χ3v) is 3.27. The van der Waals surface area contributed by atoms with Gasteiger partial charge in [0.15, 0.2) is 0 Å². The van der Waals surface area contributed by atoms with E-state index in [9.17, 15) is 9.90 Å². The van der Waals surface area contributed by atoms with E-state index in [1.54, 1.807) is 6.08 Å². The minimum atomic E-state index is -0.907.